The number of ether oxygens (including phenoxy) is 1. The second-order valence-electron chi connectivity index (χ2n) is 4.23. The second-order valence-corrected chi connectivity index (χ2v) is 5.83. The van der Waals surface area contributed by atoms with Crippen LogP contribution in [0.3, 0.4) is 0 Å². The quantitative estimate of drug-likeness (QED) is 0.318. The lowest BCUT2D eigenvalue weighted by Crippen LogP contribution is -2.03. The lowest BCUT2D eigenvalue weighted by Gasteiger charge is -2.08. The number of nitrogens with zero attached hydrogens (tertiary/aromatic N) is 2. The fourth-order valence-electron chi connectivity index (χ4n) is 1.33. The standard InChI is InChI=1S/C11H14Br2N2O3/c1-7(2)4-3-5-18-11-8(12)6-9(15(16)17)10(13)14-11/h6-7H,3-5H2,1-2H3. The molecule has 5 nitrogen and oxygen atoms in total. The Bertz CT molecular complexity index is 439. The molecule has 0 spiro atoms. The van der Waals surface area contributed by atoms with Gasteiger partial charge in [0.15, 0.2) is 4.60 Å². The van der Waals surface area contributed by atoms with Gasteiger partial charge in [-0.3, -0.25) is 10.1 Å². The first-order valence-corrected chi connectivity index (χ1v) is 7.13. The summed E-state index contributed by atoms with van der Waals surface area (Å²) < 4.78 is 6.16. The highest BCUT2D eigenvalue weighted by Crippen LogP contribution is 2.32. The molecule has 0 fully saturated rings. The highest BCUT2D eigenvalue weighted by Gasteiger charge is 2.17. The van der Waals surface area contributed by atoms with E-state index in [-0.39, 0.29) is 10.3 Å². The summed E-state index contributed by atoms with van der Waals surface area (Å²) in [6.07, 6.45) is 2.01. The first-order chi connectivity index (χ1) is 8.41. The van der Waals surface area contributed by atoms with Gasteiger partial charge in [0, 0.05) is 6.07 Å². The van der Waals surface area contributed by atoms with Gasteiger partial charge in [0.25, 0.3) is 0 Å². The van der Waals surface area contributed by atoms with Crippen LogP contribution >= 0.6 is 31.9 Å². The van der Waals surface area contributed by atoms with Crippen molar-refractivity contribution in [1.82, 2.24) is 4.98 Å². The molecule has 0 atom stereocenters. The molecule has 7 heteroatoms. The number of nitro groups is 1. The molecule has 0 saturated heterocycles. The zero-order valence-corrected chi connectivity index (χ0v) is 13.3. The Balaban J connectivity index is 2.67. The molecule has 0 saturated carbocycles. The average Bonchev–Trinajstić information content (AvgIpc) is 2.27. The molecule has 0 amide bonds. The first-order valence-electron chi connectivity index (χ1n) is 5.55. The van der Waals surface area contributed by atoms with Crippen LogP contribution in [0.15, 0.2) is 15.1 Å². The predicted molar refractivity (Wildman–Crippen MR) is 75.9 cm³/mol. The maximum atomic E-state index is 10.7. The van der Waals surface area contributed by atoms with Gasteiger partial charge >= 0.3 is 5.69 Å². The zero-order chi connectivity index (χ0) is 13.7. The third kappa shape index (κ3) is 4.53. The maximum absolute atomic E-state index is 10.7. The summed E-state index contributed by atoms with van der Waals surface area (Å²) in [7, 11) is 0. The van der Waals surface area contributed by atoms with Gasteiger partial charge in [-0.25, -0.2) is 0 Å². The van der Waals surface area contributed by atoms with Crippen molar-refractivity contribution in [2.45, 2.75) is 26.7 Å². The summed E-state index contributed by atoms with van der Waals surface area (Å²) in [4.78, 5) is 14.2. The van der Waals surface area contributed by atoms with E-state index in [9.17, 15) is 10.1 Å². The molecular formula is C11H14Br2N2O3. The molecule has 100 valence electrons. The van der Waals surface area contributed by atoms with Crippen molar-refractivity contribution in [2.75, 3.05) is 6.61 Å². The molecule has 1 aromatic rings. The van der Waals surface area contributed by atoms with Crippen LogP contribution < -0.4 is 4.74 Å². The Kier molecular flexibility index (Phi) is 6.01. The van der Waals surface area contributed by atoms with Crippen molar-refractivity contribution in [1.29, 1.82) is 0 Å². The van der Waals surface area contributed by atoms with E-state index in [1.807, 2.05) is 0 Å². The number of rotatable bonds is 6. The maximum Gasteiger partial charge on any atom is 0.303 e. The molecule has 0 aromatic carbocycles. The molecule has 1 heterocycles. The van der Waals surface area contributed by atoms with Crippen molar-refractivity contribution < 1.29 is 9.66 Å². The van der Waals surface area contributed by atoms with E-state index in [2.05, 4.69) is 50.7 Å². The van der Waals surface area contributed by atoms with Crippen LogP contribution in [-0.4, -0.2) is 16.5 Å². The number of aromatic nitrogens is 1. The number of hydrogen-bond acceptors (Lipinski definition) is 4. The monoisotopic (exact) mass is 380 g/mol. The summed E-state index contributed by atoms with van der Waals surface area (Å²) in [5, 5.41) is 10.7. The molecule has 0 aliphatic heterocycles. The summed E-state index contributed by atoms with van der Waals surface area (Å²) in [6.45, 7) is 4.85. The molecule has 0 bridgehead atoms. The second kappa shape index (κ2) is 7.04. The van der Waals surface area contributed by atoms with Crippen LogP contribution in [0.2, 0.25) is 0 Å². The third-order valence-electron chi connectivity index (χ3n) is 2.24. The normalized spacial score (nSPS) is 10.7. The van der Waals surface area contributed by atoms with E-state index in [1.165, 1.54) is 6.07 Å². The molecular weight excluding hydrogens is 368 g/mol. The van der Waals surface area contributed by atoms with Gasteiger partial charge in [-0.05, 0) is 50.6 Å². The smallest absolute Gasteiger partial charge is 0.303 e. The van der Waals surface area contributed by atoms with Crippen molar-refractivity contribution >= 4 is 37.5 Å². The molecule has 1 rings (SSSR count). The highest BCUT2D eigenvalue weighted by atomic mass is 79.9. The van der Waals surface area contributed by atoms with Gasteiger partial charge in [-0.2, -0.15) is 4.98 Å². The van der Waals surface area contributed by atoms with Gasteiger partial charge in [0.2, 0.25) is 5.88 Å². The van der Waals surface area contributed by atoms with Gasteiger partial charge in [0.05, 0.1) is 16.0 Å². The largest absolute Gasteiger partial charge is 0.477 e. The van der Waals surface area contributed by atoms with Crippen molar-refractivity contribution in [2.24, 2.45) is 5.92 Å². The minimum atomic E-state index is -0.496. The van der Waals surface area contributed by atoms with Gasteiger partial charge in [-0.1, -0.05) is 13.8 Å². The molecule has 0 N–H and O–H groups in total. The Morgan fingerprint density at radius 1 is 1.50 bits per heavy atom. The lowest BCUT2D eigenvalue weighted by atomic mass is 10.1. The Hall–Kier alpha value is -0.690. The van der Waals surface area contributed by atoms with Crippen molar-refractivity contribution in [3.8, 4) is 5.88 Å². The molecule has 1 aromatic heterocycles. The minimum absolute atomic E-state index is 0.0867. The molecule has 0 aliphatic rings. The molecule has 0 aliphatic carbocycles. The average molecular weight is 382 g/mol. The number of halogens is 2. The fourth-order valence-corrected chi connectivity index (χ4v) is 2.17. The number of hydrogen-bond donors (Lipinski definition) is 0. The first kappa shape index (κ1) is 15.4. The van der Waals surface area contributed by atoms with Crippen LogP contribution in [0.5, 0.6) is 5.88 Å². The zero-order valence-electron chi connectivity index (χ0n) is 10.2. The van der Waals surface area contributed by atoms with E-state index in [0.29, 0.717) is 22.9 Å². The van der Waals surface area contributed by atoms with Gasteiger partial charge < -0.3 is 4.74 Å². The summed E-state index contributed by atoms with van der Waals surface area (Å²) in [5.74, 6) is 1.00. The summed E-state index contributed by atoms with van der Waals surface area (Å²) >= 11 is 6.28. The lowest BCUT2D eigenvalue weighted by molar-refractivity contribution is -0.386. The highest BCUT2D eigenvalue weighted by molar-refractivity contribution is 9.11. The van der Waals surface area contributed by atoms with Gasteiger partial charge in [0.1, 0.15) is 0 Å². The van der Waals surface area contributed by atoms with Crippen LogP contribution in [-0.2, 0) is 0 Å². The van der Waals surface area contributed by atoms with E-state index in [1.54, 1.807) is 0 Å². The molecule has 0 unspecified atom stereocenters. The summed E-state index contributed by atoms with van der Waals surface area (Å²) in [6, 6.07) is 1.38. The summed E-state index contributed by atoms with van der Waals surface area (Å²) in [5.41, 5.74) is -0.0867. The third-order valence-corrected chi connectivity index (χ3v) is 3.39. The van der Waals surface area contributed by atoms with Crippen LogP contribution in [0, 0.1) is 16.0 Å². The Labute approximate surface area is 122 Å². The van der Waals surface area contributed by atoms with E-state index in [4.69, 9.17) is 4.74 Å². The SMILES string of the molecule is CC(C)CCCOc1nc(Br)c([N+](=O)[O-])cc1Br. The van der Waals surface area contributed by atoms with Crippen molar-refractivity contribution in [3.05, 3.63) is 25.3 Å². The Morgan fingerprint density at radius 3 is 2.72 bits per heavy atom. The molecule has 0 radical (unpaired) electrons. The van der Waals surface area contributed by atoms with Crippen molar-refractivity contribution in [3.63, 3.8) is 0 Å². The van der Waals surface area contributed by atoms with E-state index < -0.39 is 4.92 Å². The van der Waals surface area contributed by atoms with Crippen LogP contribution in [0.1, 0.15) is 26.7 Å². The van der Waals surface area contributed by atoms with Crippen LogP contribution in [0.25, 0.3) is 0 Å². The predicted octanol–water partition coefficient (Wildman–Crippen LogP) is 4.33. The fraction of sp³-hybridized carbons (Fsp3) is 0.545. The van der Waals surface area contributed by atoms with E-state index >= 15 is 0 Å². The molecule has 18 heavy (non-hydrogen) atoms. The van der Waals surface area contributed by atoms with Crippen LogP contribution in [0.4, 0.5) is 5.69 Å². The van der Waals surface area contributed by atoms with Gasteiger partial charge in [-0.15, -0.1) is 0 Å². The Morgan fingerprint density at radius 2 is 2.17 bits per heavy atom. The number of pyridine rings is 1. The topological polar surface area (TPSA) is 65.3 Å². The van der Waals surface area contributed by atoms with E-state index in [0.717, 1.165) is 12.8 Å². The minimum Gasteiger partial charge on any atom is -0.477 e.